The van der Waals surface area contributed by atoms with Gasteiger partial charge in [0.25, 0.3) is 0 Å². The minimum absolute atomic E-state index is 0.567. The number of hydrogen-bond donors (Lipinski definition) is 0. The monoisotopic (exact) mass is 338 g/mol. The Kier molecular flexibility index (Phi) is 12.4. The smallest absolute Gasteiger partial charge is 0.0267 e. The standard InChI is InChI=1S/C24H50/c1-10-13-21(7)17-24(23(9)14-11-2,16-15-20(6)12-3)18-22(8)19(4)5/h19-23H,10-18H2,1-9H3. The third-order valence-corrected chi connectivity index (χ3v) is 7.00. The van der Waals surface area contributed by atoms with Gasteiger partial charge in [0.2, 0.25) is 0 Å². The van der Waals surface area contributed by atoms with Crippen LogP contribution in [0, 0.1) is 35.0 Å². The molecule has 0 fully saturated rings. The van der Waals surface area contributed by atoms with Gasteiger partial charge in [-0.1, -0.05) is 101 Å². The fourth-order valence-corrected chi connectivity index (χ4v) is 4.58. The molecule has 0 aromatic heterocycles. The zero-order valence-electron chi connectivity index (χ0n) is 18.8. The van der Waals surface area contributed by atoms with Crippen LogP contribution >= 0.6 is 0 Å². The van der Waals surface area contributed by atoms with Crippen LogP contribution < -0.4 is 0 Å². The first-order valence-corrected chi connectivity index (χ1v) is 11.2. The molecule has 5 atom stereocenters. The maximum Gasteiger partial charge on any atom is -0.0267 e. The third-order valence-electron chi connectivity index (χ3n) is 7.00. The summed E-state index contributed by atoms with van der Waals surface area (Å²) in [4.78, 5) is 0. The van der Waals surface area contributed by atoms with E-state index in [0.29, 0.717) is 5.41 Å². The van der Waals surface area contributed by atoms with Gasteiger partial charge in [0, 0.05) is 0 Å². The second-order valence-corrected chi connectivity index (χ2v) is 9.63. The minimum Gasteiger partial charge on any atom is -0.0654 e. The van der Waals surface area contributed by atoms with E-state index in [4.69, 9.17) is 0 Å². The lowest BCUT2D eigenvalue weighted by atomic mass is 9.61. The van der Waals surface area contributed by atoms with Gasteiger partial charge < -0.3 is 0 Å². The van der Waals surface area contributed by atoms with Gasteiger partial charge in [0.1, 0.15) is 0 Å². The van der Waals surface area contributed by atoms with Crippen LogP contribution in [0.4, 0.5) is 0 Å². The maximum atomic E-state index is 2.58. The maximum absolute atomic E-state index is 2.58. The summed E-state index contributed by atoms with van der Waals surface area (Å²) in [5.74, 6) is 4.28. The zero-order valence-corrected chi connectivity index (χ0v) is 18.8. The lowest BCUT2D eigenvalue weighted by Gasteiger charge is -2.45. The summed E-state index contributed by atoms with van der Waals surface area (Å²) < 4.78 is 0. The normalized spacial score (nSPS) is 19.8. The van der Waals surface area contributed by atoms with Crippen LogP contribution in [0.3, 0.4) is 0 Å². The average molecular weight is 339 g/mol. The van der Waals surface area contributed by atoms with Crippen LogP contribution in [0.25, 0.3) is 0 Å². The predicted molar refractivity (Wildman–Crippen MR) is 113 cm³/mol. The highest BCUT2D eigenvalue weighted by Crippen LogP contribution is 2.48. The summed E-state index contributed by atoms with van der Waals surface area (Å²) in [5.41, 5.74) is 0.567. The number of hydrogen-bond acceptors (Lipinski definition) is 0. The van der Waals surface area contributed by atoms with Gasteiger partial charge in [-0.3, -0.25) is 0 Å². The van der Waals surface area contributed by atoms with E-state index in [1.54, 1.807) is 0 Å². The van der Waals surface area contributed by atoms with E-state index in [-0.39, 0.29) is 0 Å². The molecule has 0 bridgehead atoms. The van der Waals surface area contributed by atoms with Gasteiger partial charge in [0.15, 0.2) is 0 Å². The van der Waals surface area contributed by atoms with Crippen LogP contribution in [-0.4, -0.2) is 0 Å². The third kappa shape index (κ3) is 8.39. The second kappa shape index (κ2) is 12.4. The van der Waals surface area contributed by atoms with E-state index in [1.807, 2.05) is 0 Å². The molecule has 0 saturated carbocycles. The van der Waals surface area contributed by atoms with E-state index >= 15 is 0 Å². The summed E-state index contributed by atoms with van der Waals surface area (Å²) in [6, 6.07) is 0. The molecule has 0 aliphatic rings. The van der Waals surface area contributed by atoms with Crippen molar-refractivity contribution >= 4 is 0 Å². The first-order chi connectivity index (χ1) is 11.2. The molecule has 0 saturated heterocycles. The summed E-state index contributed by atoms with van der Waals surface area (Å²) >= 11 is 0. The molecule has 0 aliphatic carbocycles. The van der Waals surface area contributed by atoms with Crippen molar-refractivity contribution < 1.29 is 0 Å². The lowest BCUT2D eigenvalue weighted by Crippen LogP contribution is -2.34. The first kappa shape index (κ1) is 24.0. The van der Waals surface area contributed by atoms with Crippen molar-refractivity contribution in [2.75, 3.05) is 0 Å². The van der Waals surface area contributed by atoms with Crippen LogP contribution in [-0.2, 0) is 0 Å². The molecule has 24 heavy (non-hydrogen) atoms. The molecule has 0 aromatic carbocycles. The fourth-order valence-electron chi connectivity index (χ4n) is 4.58. The highest BCUT2D eigenvalue weighted by molar-refractivity contribution is 4.88. The molecule has 0 aliphatic heterocycles. The van der Waals surface area contributed by atoms with Crippen LogP contribution in [0.2, 0.25) is 0 Å². The van der Waals surface area contributed by atoms with E-state index in [2.05, 4.69) is 62.3 Å². The van der Waals surface area contributed by atoms with Gasteiger partial charge >= 0.3 is 0 Å². The highest BCUT2D eigenvalue weighted by Gasteiger charge is 2.38. The van der Waals surface area contributed by atoms with E-state index in [0.717, 1.165) is 29.6 Å². The Labute approximate surface area is 155 Å². The minimum atomic E-state index is 0.567. The molecule has 0 nitrogen and oxygen atoms in total. The lowest BCUT2D eigenvalue weighted by molar-refractivity contribution is 0.0577. The van der Waals surface area contributed by atoms with Crippen LogP contribution in [0.5, 0.6) is 0 Å². The van der Waals surface area contributed by atoms with Crippen molar-refractivity contribution in [1.82, 2.24) is 0 Å². The molecular formula is C24H50. The summed E-state index contributed by atoms with van der Waals surface area (Å²) in [5, 5.41) is 0. The van der Waals surface area contributed by atoms with E-state index in [1.165, 1.54) is 57.8 Å². The molecule has 5 unspecified atom stereocenters. The van der Waals surface area contributed by atoms with Crippen molar-refractivity contribution in [2.24, 2.45) is 35.0 Å². The van der Waals surface area contributed by atoms with Gasteiger partial charge in [-0.15, -0.1) is 0 Å². The SMILES string of the molecule is CCCC(C)CC(CCC(C)CC)(CC(C)C(C)C)C(C)CCC. The molecule has 0 spiro atoms. The van der Waals surface area contributed by atoms with Crippen molar-refractivity contribution in [2.45, 2.75) is 120 Å². The molecule has 0 N–H and O–H groups in total. The van der Waals surface area contributed by atoms with Crippen LogP contribution in [0.1, 0.15) is 120 Å². The Bertz CT molecular complexity index is 292. The van der Waals surface area contributed by atoms with E-state index < -0.39 is 0 Å². The zero-order chi connectivity index (χ0) is 18.8. The molecule has 0 radical (unpaired) electrons. The Hall–Kier alpha value is 0. The molecule has 0 amide bonds. The number of rotatable bonds is 14. The summed E-state index contributed by atoms with van der Waals surface area (Å²) in [6.07, 6.45) is 12.6. The van der Waals surface area contributed by atoms with Gasteiger partial charge in [0.05, 0.1) is 0 Å². The van der Waals surface area contributed by atoms with Crippen LogP contribution in [0.15, 0.2) is 0 Å². The molecule has 0 rings (SSSR count). The predicted octanol–water partition coefficient (Wildman–Crippen LogP) is 8.74. The van der Waals surface area contributed by atoms with Crippen molar-refractivity contribution in [1.29, 1.82) is 0 Å². The molecule has 0 heteroatoms. The summed E-state index contributed by atoms with van der Waals surface area (Å²) in [7, 11) is 0. The fraction of sp³-hybridized carbons (Fsp3) is 1.00. The topological polar surface area (TPSA) is 0 Å². The van der Waals surface area contributed by atoms with Crippen molar-refractivity contribution in [3.05, 3.63) is 0 Å². The van der Waals surface area contributed by atoms with Crippen molar-refractivity contribution in [3.8, 4) is 0 Å². The van der Waals surface area contributed by atoms with Gasteiger partial charge in [-0.05, 0) is 54.3 Å². The Balaban J connectivity index is 5.43. The Morgan fingerprint density at radius 1 is 0.667 bits per heavy atom. The van der Waals surface area contributed by atoms with Crippen molar-refractivity contribution in [3.63, 3.8) is 0 Å². The Morgan fingerprint density at radius 2 is 1.25 bits per heavy atom. The first-order valence-electron chi connectivity index (χ1n) is 11.2. The molecular weight excluding hydrogens is 288 g/mol. The van der Waals surface area contributed by atoms with E-state index in [9.17, 15) is 0 Å². The molecule has 146 valence electrons. The molecule has 0 aromatic rings. The average Bonchev–Trinajstić information content (AvgIpc) is 2.52. The summed E-state index contributed by atoms with van der Waals surface area (Å²) in [6.45, 7) is 22.0. The highest BCUT2D eigenvalue weighted by atomic mass is 14.4. The molecule has 0 heterocycles. The van der Waals surface area contributed by atoms with Gasteiger partial charge in [-0.2, -0.15) is 0 Å². The second-order valence-electron chi connectivity index (χ2n) is 9.63. The quantitative estimate of drug-likeness (QED) is 0.297. The Morgan fingerprint density at radius 3 is 1.71 bits per heavy atom. The largest absolute Gasteiger partial charge is 0.0654 e. The van der Waals surface area contributed by atoms with Gasteiger partial charge in [-0.25, -0.2) is 0 Å².